The van der Waals surface area contributed by atoms with E-state index < -0.39 is 0 Å². The van der Waals surface area contributed by atoms with Crippen LogP contribution in [0.3, 0.4) is 0 Å². The van der Waals surface area contributed by atoms with Crippen molar-refractivity contribution in [2.24, 2.45) is 0 Å². The van der Waals surface area contributed by atoms with Crippen LogP contribution in [-0.4, -0.2) is 57.8 Å². The highest BCUT2D eigenvalue weighted by atomic mass is 35.5. The third kappa shape index (κ3) is 5.50. The number of hydrogen-bond donors (Lipinski definition) is 1. The summed E-state index contributed by atoms with van der Waals surface area (Å²) in [5.41, 5.74) is 2.64. The second-order valence-electron chi connectivity index (χ2n) is 9.82. The van der Waals surface area contributed by atoms with Gasteiger partial charge in [0.1, 0.15) is 23.0 Å². The van der Waals surface area contributed by atoms with E-state index in [1.54, 1.807) is 7.11 Å². The Morgan fingerprint density at radius 3 is 2.68 bits per heavy atom. The van der Waals surface area contributed by atoms with E-state index in [1.807, 2.05) is 54.0 Å². The number of nitrogens with zero attached hydrogens (tertiary/aromatic N) is 4. The number of carbonyl (C=O) groups is 1. The number of hydrogen-bond acceptors (Lipinski definition) is 7. The third-order valence-electron chi connectivity index (χ3n) is 7.00. The van der Waals surface area contributed by atoms with Crippen molar-refractivity contribution >= 4 is 28.8 Å². The van der Waals surface area contributed by atoms with Gasteiger partial charge in [-0.3, -0.25) is 4.79 Å². The molecule has 1 aliphatic heterocycles. The highest BCUT2D eigenvalue weighted by Gasteiger charge is 2.28. The van der Waals surface area contributed by atoms with Gasteiger partial charge in [-0.2, -0.15) is 0 Å². The molecule has 1 saturated heterocycles. The fourth-order valence-corrected chi connectivity index (χ4v) is 5.97. The third-order valence-corrected chi connectivity index (χ3v) is 8.24. The molecular weight excluding hydrogens is 522 g/mol. The molecule has 200 valence electrons. The van der Waals surface area contributed by atoms with Gasteiger partial charge >= 0.3 is 0 Å². The fraction of sp³-hybridized carbons (Fsp3) is 0.393. The van der Waals surface area contributed by atoms with Crippen LogP contribution in [0.4, 0.5) is 0 Å². The van der Waals surface area contributed by atoms with E-state index in [1.165, 1.54) is 11.3 Å². The van der Waals surface area contributed by atoms with Crippen LogP contribution < -0.4 is 10.1 Å². The number of rotatable bonds is 8. The number of nitrogens with one attached hydrogen (secondary N) is 1. The van der Waals surface area contributed by atoms with Crippen molar-refractivity contribution in [2.45, 2.75) is 52.2 Å². The molecule has 1 amide bonds. The molecule has 0 radical (unpaired) electrons. The molecule has 1 aromatic carbocycles. The quantitative estimate of drug-likeness (QED) is 0.293. The van der Waals surface area contributed by atoms with Gasteiger partial charge in [0.2, 0.25) is 0 Å². The number of halogens is 1. The molecule has 0 atom stereocenters. The van der Waals surface area contributed by atoms with Crippen LogP contribution in [0, 0.1) is 6.92 Å². The van der Waals surface area contributed by atoms with Crippen LogP contribution in [0.25, 0.3) is 22.0 Å². The number of carbonyl (C=O) groups excluding carboxylic acids is 1. The molecule has 0 aliphatic carbocycles. The number of para-hydroxylation sites is 1. The van der Waals surface area contributed by atoms with Crippen molar-refractivity contribution in [1.29, 1.82) is 0 Å². The van der Waals surface area contributed by atoms with E-state index in [4.69, 9.17) is 25.8 Å². The van der Waals surface area contributed by atoms with Crippen molar-refractivity contribution in [3.05, 3.63) is 63.9 Å². The molecule has 0 saturated carbocycles. The summed E-state index contributed by atoms with van der Waals surface area (Å²) in [7, 11) is 1.63. The number of ether oxygens (including phenoxy) is 1. The summed E-state index contributed by atoms with van der Waals surface area (Å²) in [6, 6.07) is 13.9. The minimum absolute atomic E-state index is 0.122. The minimum atomic E-state index is -0.132. The zero-order valence-corrected chi connectivity index (χ0v) is 23.6. The first kappa shape index (κ1) is 26.5. The van der Waals surface area contributed by atoms with Crippen molar-refractivity contribution in [1.82, 2.24) is 24.9 Å². The molecular formula is C28H32ClN5O3S. The maximum absolute atomic E-state index is 13.7. The van der Waals surface area contributed by atoms with Gasteiger partial charge in [-0.25, -0.2) is 4.98 Å². The van der Waals surface area contributed by atoms with Crippen LogP contribution in [0.1, 0.15) is 48.6 Å². The standard InChI is InChI=1S/C28H32ClN5O3S/c1-17(2)33-13-11-19(12-14-33)31-28(35)26-18(3)30-27(21-7-5-6-8-22(21)36-4)34(26)16-20-15-23(37-32-20)24-9-10-25(29)38-24/h5-10,15,17,19H,11-14,16H2,1-4H3,(H,31,35). The Kier molecular flexibility index (Phi) is 7.88. The van der Waals surface area contributed by atoms with Crippen LogP contribution in [0.2, 0.25) is 4.34 Å². The van der Waals surface area contributed by atoms with E-state index in [9.17, 15) is 4.79 Å². The lowest BCUT2D eigenvalue weighted by molar-refractivity contribution is 0.0891. The normalized spacial score (nSPS) is 14.8. The number of aromatic nitrogens is 3. The smallest absolute Gasteiger partial charge is 0.270 e. The molecule has 8 nitrogen and oxygen atoms in total. The summed E-state index contributed by atoms with van der Waals surface area (Å²) in [5.74, 6) is 1.83. The molecule has 4 heterocycles. The lowest BCUT2D eigenvalue weighted by Crippen LogP contribution is -2.47. The molecule has 1 fully saturated rings. The molecule has 5 rings (SSSR count). The molecule has 0 spiro atoms. The summed E-state index contributed by atoms with van der Waals surface area (Å²) < 4.78 is 13.8. The van der Waals surface area contributed by atoms with Crippen molar-refractivity contribution < 1.29 is 14.1 Å². The first-order valence-electron chi connectivity index (χ1n) is 12.8. The number of aryl methyl sites for hydroxylation is 1. The van der Waals surface area contributed by atoms with Crippen LogP contribution in [-0.2, 0) is 6.54 Å². The first-order valence-corrected chi connectivity index (χ1v) is 14.0. The SMILES string of the molecule is COc1ccccc1-c1nc(C)c(C(=O)NC2CCN(C(C)C)CC2)n1Cc1cc(-c2ccc(Cl)s2)on1. The summed E-state index contributed by atoms with van der Waals surface area (Å²) in [6.07, 6.45) is 1.85. The van der Waals surface area contributed by atoms with Gasteiger partial charge in [0, 0.05) is 31.2 Å². The Bertz CT molecular complexity index is 1420. The van der Waals surface area contributed by atoms with Gasteiger partial charge in [0.15, 0.2) is 5.76 Å². The fourth-order valence-electron chi connectivity index (χ4n) is 4.97. The van der Waals surface area contributed by atoms with Gasteiger partial charge in [-0.1, -0.05) is 28.9 Å². The van der Waals surface area contributed by atoms with Crippen LogP contribution >= 0.6 is 22.9 Å². The van der Waals surface area contributed by atoms with Crippen LogP contribution in [0.15, 0.2) is 47.0 Å². The minimum Gasteiger partial charge on any atom is -0.496 e. The Hall–Kier alpha value is -3.14. The molecule has 0 bridgehead atoms. The topological polar surface area (TPSA) is 85.4 Å². The predicted octanol–water partition coefficient (Wildman–Crippen LogP) is 5.89. The van der Waals surface area contributed by atoms with Crippen molar-refractivity contribution in [2.75, 3.05) is 20.2 Å². The largest absolute Gasteiger partial charge is 0.496 e. The molecule has 3 aromatic heterocycles. The highest BCUT2D eigenvalue weighted by molar-refractivity contribution is 7.19. The van der Waals surface area contributed by atoms with E-state index >= 15 is 0 Å². The summed E-state index contributed by atoms with van der Waals surface area (Å²) in [4.78, 5) is 21.9. The lowest BCUT2D eigenvalue weighted by atomic mass is 10.0. The number of imidazole rings is 1. The number of methoxy groups -OCH3 is 1. The second-order valence-corrected chi connectivity index (χ2v) is 11.5. The molecule has 38 heavy (non-hydrogen) atoms. The predicted molar refractivity (Wildman–Crippen MR) is 150 cm³/mol. The van der Waals surface area contributed by atoms with E-state index in [0.29, 0.717) is 51.3 Å². The number of piperidine rings is 1. The number of thiophene rings is 1. The molecule has 10 heteroatoms. The maximum atomic E-state index is 13.7. The average Bonchev–Trinajstić information content (AvgIpc) is 3.63. The number of amides is 1. The Labute approximate surface area is 231 Å². The van der Waals surface area contributed by atoms with E-state index in [0.717, 1.165) is 36.4 Å². The summed E-state index contributed by atoms with van der Waals surface area (Å²) >= 11 is 7.54. The Balaban J connectivity index is 1.48. The van der Waals surface area contributed by atoms with Crippen molar-refractivity contribution in [3.8, 4) is 27.8 Å². The van der Waals surface area contributed by atoms with E-state index in [2.05, 4.69) is 29.2 Å². The van der Waals surface area contributed by atoms with Gasteiger partial charge in [-0.05, 0) is 57.9 Å². The first-order chi connectivity index (χ1) is 18.3. The summed E-state index contributed by atoms with van der Waals surface area (Å²) in [6.45, 7) is 8.55. The van der Waals surface area contributed by atoms with Gasteiger partial charge < -0.3 is 24.0 Å². The van der Waals surface area contributed by atoms with E-state index in [-0.39, 0.29) is 11.9 Å². The van der Waals surface area contributed by atoms with Crippen LogP contribution in [0.5, 0.6) is 5.75 Å². The maximum Gasteiger partial charge on any atom is 0.270 e. The second kappa shape index (κ2) is 11.3. The molecule has 1 aliphatic rings. The lowest BCUT2D eigenvalue weighted by Gasteiger charge is -2.34. The zero-order valence-electron chi connectivity index (χ0n) is 22.0. The van der Waals surface area contributed by atoms with Gasteiger partial charge in [-0.15, -0.1) is 11.3 Å². The van der Waals surface area contributed by atoms with Gasteiger partial charge in [0.25, 0.3) is 5.91 Å². The van der Waals surface area contributed by atoms with Crippen molar-refractivity contribution in [3.63, 3.8) is 0 Å². The number of likely N-dealkylation sites (tertiary alicyclic amines) is 1. The monoisotopic (exact) mass is 553 g/mol. The summed E-state index contributed by atoms with van der Waals surface area (Å²) in [5, 5.41) is 7.57. The number of benzene rings is 1. The zero-order chi connectivity index (χ0) is 26.8. The molecule has 1 N–H and O–H groups in total. The molecule has 4 aromatic rings. The molecule has 0 unspecified atom stereocenters. The Morgan fingerprint density at radius 2 is 2.00 bits per heavy atom. The highest BCUT2D eigenvalue weighted by Crippen LogP contribution is 2.34. The average molecular weight is 554 g/mol. The van der Waals surface area contributed by atoms with Gasteiger partial charge in [0.05, 0.1) is 34.1 Å². The Morgan fingerprint density at radius 1 is 1.24 bits per heavy atom.